The second-order valence-electron chi connectivity index (χ2n) is 7.56. The lowest BCUT2D eigenvalue weighted by atomic mass is 10.0. The number of rotatable bonds is 6. The molecule has 6 nitrogen and oxygen atoms in total. The molecule has 0 spiro atoms. The lowest BCUT2D eigenvalue weighted by molar-refractivity contribution is 0.0952. The zero-order chi connectivity index (χ0) is 20.5. The Labute approximate surface area is 173 Å². The van der Waals surface area contributed by atoms with E-state index in [9.17, 15) is 9.90 Å². The molecule has 1 aliphatic carbocycles. The van der Waals surface area contributed by atoms with Gasteiger partial charge in [0, 0.05) is 23.7 Å². The third-order valence-electron chi connectivity index (χ3n) is 5.48. The molecule has 1 aliphatic rings. The van der Waals surface area contributed by atoms with Crippen LogP contribution in [0.25, 0.3) is 22.4 Å². The summed E-state index contributed by atoms with van der Waals surface area (Å²) in [6.45, 7) is 0.255. The predicted molar refractivity (Wildman–Crippen MR) is 113 cm³/mol. The fourth-order valence-electron chi connectivity index (χ4n) is 3.69. The molecular weight excluding hydrogens is 378 g/mol. The topological polar surface area (TPSA) is 88.2 Å². The summed E-state index contributed by atoms with van der Waals surface area (Å²) in [4.78, 5) is 17.9. The Morgan fingerprint density at radius 3 is 2.53 bits per heavy atom. The molecule has 2 aromatic carbocycles. The van der Waals surface area contributed by atoms with Crippen molar-refractivity contribution >= 4 is 17.0 Å². The third-order valence-corrected chi connectivity index (χ3v) is 5.48. The van der Waals surface area contributed by atoms with Gasteiger partial charge in [-0.05, 0) is 30.0 Å². The van der Waals surface area contributed by atoms with Gasteiger partial charge in [-0.3, -0.25) is 4.79 Å². The van der Waals surface area contributed by atoms with Crippen LogP contribution < -0.4 is 5.32 Å². The zero-order valence-electron chi connectivity index (χ0n) is 16.3. The van der Waals surface area contributed by atoms with E-state index in [-0.39, 0.29) is 12.5 Å². The van der Waals surface area contributed by atoms with Gasteiger partial charge in [-0.25, -0.2) is 4.98 Å². The molecule has 6 heteroatoms. The highest BCUT2D eigenvalue weighted by Crippen LogP contribution is 2.41. The number of hydrogen-bond acceptors (Lipinski definition) is 5. The van der Waals surface area contributed by atoms with Crippen LogP contribution in [0, 0.1) is 0 Å². The van der Waals surface area contributed by atoms with Crippen LogP contribution in [-0.2, 0) is 13.2 Å². The van der Waals surface area contributed by atoms with Crippen molar-refractivity contribution in [1.29, 1.82) is 0 Å². The Kier molecular flexibility index (Phi) is 4.77. The van der Waals surface area contributed by atoms with E-state index in [1.165, 1.54) is 0 Å². The van der Waals surface area contributed by atoms with E-state index < -0.39 is 0 Å². The molecule has 30 heavy (non-hydrogen) atoms. The number of pyridine rings is 1. The monoisotopic (exact) mass is 399 g/mol. The highest BCUT2D eigenvalue weighted by molar-refractivity contribution is 6.09. The summed E-state index contributed by atoms with van der Waals surface area (Å²) < 4.78 is 5.54. The fraction of sp³-hybridized carbons (Fsp3) is 0.208. The second kappa shape index (κ2) is 7.72. The Hall–Kier alpha value is -3.51. The van der Waals surface area contributed by atoms with Crippen molar-refractivity contribution in [2.45, 2.75) is 31.9 Å². The molecule has 150 valence electrons. The van der Waals surface area contributed by atoms with Gasteiger partial charge in [0.15, 0.2) is 0 Å². The first-order valence-electron chi connectivity index (χ1n) is 10.1. The number of aliphatic hydroxyl groups is 1. The molecule has 1 fully saturated rings. The van der Waals surface area contributed by atoms with Gasteiger partial charge in [0.1, 0.15) is 5.69 Å². The summed E-state index contributed by atoms with van der Waals surface area (Å²) in [5, 5.41) is 17.4. The molecule has 0 bridgehead atoms. The van der Waals surface area contributed by atoms with Crippen molar-refractivity contribution in [3.63, 3.8) is 0 Å². The molecule has 0 unspecified atom stereocenters. The summed E-state index contributed by atoms with van der Waals surface area (Å²) in [5.74, 6) is 0.166. The predicted octanol–water partition coefficient (Wildman–Crippen LogP) is 4.19. The first-order chi connectivity index (χ1) is 14.7. The van der Waals surface area contributed by atoms with Crippen molar-refractivity contribution in [3.8, 4) is 11.3 Å². The molecule has 0 atom stereocenters. The highest BCUT2D eigenvalue weighted by Gasteiger charge is 2.29. The van der Waals surface area contributed by atoms with E-state index >= 15 is 0 Å². The molecule has 0 aliphatic heterocycles. The number of carbonyl (C=O) groups excluding carboxylic acids is 1. The number of aliphatic hydroxyl groups excluding tert-OH is 1. The van der Waals surface area contributed by atoms with Crippen LogP contribution in [0.5, 0.6) is 0 Å². The lowest BCUT2D eigenvalue weighted by Gasteiger charge is -2.11. The maximum Gasteiger partial charge on any atom is 0.259 e. The van der Waals surface area contributed by atoms with Crippen LogP contribution in [0.4, 0.5) is 0 Å². The molecule has 1 saturated carbocycles. The molecule has 4 aromatic rings. The standard InChI is InChI=1S/C24H21N3O3/c28-14-18-9-5-4-8-17(18)13-25-23(29)19-12-20(15-10-11-15)26-24-21(19)22(27-30-24)16-6-2-1-3-7-16/h1-9,12,15,28H,10-11,13-14H2,(H,25,29). The Balaban J connectivity index is 1.54. The molecule has 2 heterocycles. The van der Waals surface area contributed by atoms with Gasteiger partial charge in [0.05, 0.1) is 17.6 Å². The van der Waals surface area contributed by atoms with Gasteiger partial charge in [-0.15, -0.1) is 0 Å². The van der Waals surface area contributed by atoms with Crippen LogP contribution in [0.1, 0.15) is 45.9 Å². The van der Waals surface area contributed by atoms with Crippen molar-refractivity contribution < 1.29 is 14.4 Å². The number of amides is 1. The van der Waals surface area contributed by atoms with Gasteiger partial charge in [0.2, 0.25) is 0 Å². The summed E-state index contributed by atoms with van der Waals surface area (Å²) in [5.41, 5.74) is 4.95. The molecule has 1 amide bonds. The number of carbonyl (C=O) groups is 1. The first-order valence-corrected chi connectivity index (χ1v) is 10.1. The van der Waals surface area contributed by atoms with Gasteiger partial charge in [-0.1, -0.05) is 59.8 Å². The van der Waals surface area contributed by atoms with E-state index in [0.717, 1.165) is 35.2 Å². The smallest absolute Gasteiger partial charge is 0.259 e. The van der Waals surface area contributed by atoms with Gasteiger partial charge >= 0.3 is 0 Å². The molecule has 2 N–H and O–H groups in total. The molecule has 5 rings (SSSR count). The van der Waals surface area contributed by atoms with E-state index in [1.54, 1.807) is 0 Å². The second-order valence-corrected chi connectivity index (χ2v) is 7.56. The third kappa shape index (κ3) is 3.46. The minimum absolute atomic E-state index is 0.0683. The number of benzene rings is 2. The highest BCUT2D eigenvalue weighted by atomic mass is 16.5. The number of aromatic nitrogens is 2. The van der Waals surface area contributed by atoms with Crippen molar-refractivity contribution in [1.82, 2.24) is 15.5 Å². The van der Waals surface area contributed by atoms with Crippen LogP contribution in [0.3, 0.4) is 0 Å². The fourth-order valence-corrected chi connectivity index (χ4v) is 3.69. The number of fused-ring (bicyclic) bond motifs is 1. The maximum atomic E-state index is 13.2. The van der Waals surface area contributed by atoms with Gasteiger partial charge < -0.3 is 14.9 Å². The molecule has 0 radical (unpaired) electrons. The minimum Gasteiger partial charge on any atom is -0.392 e. The van der Waals surface area contributed by atoms with Crippen LogP contribution in [-0.4, -0.2) is 21.2 Å². The van der Waals surface area contributed by atoms with Crippen molar-refractivity contribution in [2.24, 2.45) is 0 Å². The molecular formula is C24H21N3O3. The minimum atomic E-state index is -0.211. The van der Waals surface area contributed by atoms with E-state index in [4.69, 9.17) is 4.52 Å². The molecule has 0 saturated heterocycles. The SMILES string of the molecule is O=C(NCc1ccccc1CO)c1cc(C2CC2)nc2onc(-c3ccccc3)c12. The summed E-state index contributed by atoms with van der Waals surface area (Å²) >= 11 is 0. The summed E-state index contributed by atoms with van der Waals surface area (Å²) in [6.07, 6.45) is 2.15. The first kappa shape index (κ1) is 18.5. The largest absolute Gasteiger partial charge is 0.392 e. The Bertz CT molecular complexity index is 1210. The lowest BCUT2D eigenvalue weighted by Crippen LogP contribution is -2.24. The Morgan fingerprint density at radius 2 is 1.80 bits per heavy atom. The summed E-state index contributed by atoms with van der Waals surface area (Å²) in [6, 6.07) is 19.0. The Morgan fingerprint density at radius 1 is 1.07 bits per heavy atom. The number of hydrogen-bond donors (Lipinski definition) is 2. The molecule has 2 aromatic heterocycles. The maximum absolute atomic E-state index is 13.2. The summed E-state index contributed by atoms with van der Waals surface area (Å²) in [7, 11) is 0. The van der Waals surface area contributed by atoms with Gasteiger partial charge in [0.25, 0.3) is 11.6 Å². The van der Waals surface area contributed by atoms with Crippen molar-refractivity contribution in [2.75, 3.05) is 0 Å². The van der Waals surface area contributed by atoms with E-state index in [0.29, 0.717) is 34.8 Å². The van der Waals surface area contributed by atoms with Crippen molar-refractivity contribution in [3.05, 3.63) is 83.0 Å². The van der Waals surface area contributed by atoms with E-state index in [1.807, 2.05) is 60.7 Å². The zero-order valence-corrected chi connectivity index (χ0v) is 16.3. The van der Waals surface area contributed by atoms with Crippen LogP contribution in [0.2, 0.25) is 0 Å². The average molecular weight is 399 g/mol. The van der Waals surface area contributed by atoms with Gasteiger partial charge in [-0.2, -0.15) is 0 Å². The number of nitrogens with one attached hydrogen (secondary N) is 1. The van der Waals surface area contributed by atoms with Crippen LogP contribution >= 0.6 is 0 Å². The normalized spacial score (nSPS) is 13.5. The quantitative estimate of drug-likeness (QED) is 0.508. The van der Waals surface area contributed by atoms with E-state index in [2.05, 4.69) is 15.5 Å². The average Bonchev–Trinajstić information content (AvgIpc) is 3.56. The number of nitrogens with zero attached hydrogens (tertiary/aromatic N) is 2. The van der Waals surface area contributed by atoms with Crippen LogP contribution in [0.15, 0.2) is 65.2 Å².